The standard InChI is InChI=1S/C9H9ClN2O/c1-6-8-4-7(5-11-10)2-3-9(8)13-12-6/h2-4,11H,5H2,1H3. The molecule has 0 atom stereocenters. The number of aromatic nitrogens is 1. The monoisotopic (exact) mass is 196 g/mol. The number of aryl methyl sites for hydroxylation is 1. The third kappa shape index (κ3) is 1.53. The number of nitrogens with zero attached hydrogens (tertiary/aromatic N) is 1. The van der Waals surface area contributed by atoms with E-state index >= 15 is 0 Å². The molecule has 1 aromatic carbocycles. The summed E-state index contributed by atoms with van der Waals surface area (Å²) in [5.41, 5.74) is 2.84. The van der Waals surface area contributed by atoms with E-state index in [0.717, 1.165) is 22.2 Å². The van der Waals surface area contributed by atoms with E-state index in [1.54, 1.807) is 0 Å². The Morgan fingerprint density at radius 1 is 1.54 bits per heavy atom. The first kappa shape index (κ1) is 8.53. The van der Waals surface area contributed by atoms with Gasteiger partial charge in [-0.05, 0) is 36.4 Å². The summed E-state index contributed by atoms with van der Waals surface area (Å²) >= 11 is 5.41. The van der Waals surface area contributed by atoms with Crippen LogP contribution in [0.25, 0.3) is 11.0 Å². The average Bonchev–Trinajstić information content (AvgIpc) is 2.49. The van der Waals surface area contributed by atoms with Crippen molar-refractivity contribution in [3.05, 3.63) is 29.5 Å². The summed E-state index contributed by atoms with van der Waals surface area (Å²) in [6, 6.07) is 5.89. The van der Waals surface area contributed by atoms with Gasteiger partial charge in [-0.15, -0.1) is 0 Å². The summed E-state index contributed by atoms with van der Waals surface area (Å²) in [6.07, 6.45) is 0. The van der Waals surface area contributed by atoms with Crippen molar-refractivity contribution in [3.8, 4) is 0 Å². The quantitative estimate of drug-likeness (QED) is 0.750. The molecule has 4 heteroatoms. The van der Waals surface area contributed by atoms with Crippen LogP contribution in [0.4, 0.5) is 0 Å². The maximum Gasteiger partial charge on any atom is 0.167 e. The Hall–Kier alpha value is -1.06. The zero-order chi connectivity index (χ0) is 9.26. The van der Waals surface area contributed by atoms with Gasteiger partial charge in [0, 0.05) is 11.9 Å². The van der Waals surface area contributed by atoms with Gasteiger partial charge in [0.1, 0.15) is 0 Å². The van der Waals surface area contributed by atoms with Crippen LogP contribution in [-0.2, 0) is 6.54 Å². The number of benzene rings is 1. The predicted octanol–water partition coefficient (Wildman–Crippen LogP) is 2.38. The van der Waals surface area contributed by atoms with Crippen LogP contribution in [0.2, 0.25) is 0 Å². The summed E-state index contributed by atoms with van der Waals surface area (Å²) < 4.78 is 5.08. The molecule has 0 saturated heterocycles. The lowest BCUT2D eigenvalue weighted by atomic mass is 10.1. The second-order valence-corrected chi connectivity index (χ2v) is 3.18. The van der Waals surface area contributed by atoms with Crippen LogP contribution in [0.1, 0.15) is 11.3 Å². The number of hydrogen-bond acceptors (Lipinski definition) is 3. The van der Waals surface area contributed by atoms with Crippen molar-refractivity contribution >= 4 is 22.7 Å². The van der Waals surface area contributed by atoms with Crippen LogP contribution in [0, 0.1) is 6.92 Å². The molecule has 68 valence electrons. The summed E-state index contributed by atoms with van der Waals surface area (Å²) in [5.74, 6) is 0. The molecule has 0 aliphatic heterocycles. The first-order valence-electron chi connectivity index (χ1n) is 3.99. The van der Waals surface area contributed by atoms with Gasteiger partial charge >= 0.3 is 0 Å². The van der Waals surface area contributed by atoms with Crippen molar-refractivity contribution in [2.24, 2.45) is 0 Å². The normalized spacial score (nSPS) is 10.9. The van der Waals surface area contributed by atoms with E-state index in [1.165, 1.54) is 0 Å². The van der Waals surface area contributed by atoms with E-state index in [0.29, 0.717) is 6.54 Å². The number of rotatable bonds is 2. The van der Waals surface area contributed by atoms with Gasteiger partial charge in [-0.25, -0.2) is 4.84 Å². The Kier molecular flexibility index (Phi) is 2.20. The van der Waals surface area contributed by atoms with E-state index in [-0.39, 0.29) is 0 Å². The Bertz CT molecular complexity index is 424. The van der Waals surface area contributed by atoms with Gasteiger partial charge in [0.05, 0.1) is 5.69 Å². The smallest absolute Gasteiger partial charge is 0.167 e. The highest BCUT2D eigenvalue weighted by Gasteiger charge is 2.03. The fourth-order valence-corrected chi connectivity index (χ4v) is 1.45. The predicted molar refractivity (Wildman–Crippen MR) is 51.4 cm³/mol. The average molecular weight is 197 g/mol. The molecule has 0 aliphatic rings. The molecule has 1 heterocycles. The highest BCUT2D eigenvalue weighted by Crippen LogP contribution is 2.19. The maximum absolute atomic E-state index is 5.41. The van der Waals surface area contributed by atoms with E-state index in [1.807, 2.05) is 25.1 Å². The van der Waals surface area contributed by atoms with Crippen molar-refractivity contribution in [3.63, 3.8) is 0 Å². The molecule has 2 rings (SSSR count). The summed E-state index contributed by atoms with van der Waals surface area (Å²) in [6.45, 7) is 2.56. The molecule has 0 radical (unpaired) electrons. The van der Waals surface area contributed by atoms with Gasteiger partial charge in [-0.1, -0.05) is 11.2 Å². The Morgan fingerprint density at radius 2 is 2.38 bits per heavy atom. The van der Waals surface area contributed by atoms with Crippen molar-refractivity contribution in [2.75, 3.05) is 0 Å². The second kappa shape index (κ2) is 3.36. The topological polar surface area (TPSA) is 38.1 Å². The largest absolute Gasteiger partial charge is 0.356 e. The molecular weight excluding hydrogens is 188 g/mol. The van der Waals surface area contributed by atoms with E-state index in [9.17, 15) is 0 Å². The number of hydrogen-bond donors (Lipinski definition) is 1. The molecule has 1 aromatic heterocycles. The molecule has 1 N–H and O–H groups in total. The first-order chi connectivity index (χ1) is 6.31. The lowest BCUT2D eigenvalue weighted by molar-refractivity contribution is 0.450. The third-order valence-corrected chi connectivity index (χ3v) is 2.12. The van der Waals surface area contributed by atoms with Gasteiger partial charge in [0.15, 0.2) is 5.58 Å². The minimum atomic E-state index is 0.641. The zero-order valence-electron chi connectivity index (χ0n) is 7.17. The molecule has 0 unspecified atom stereocenters. The molecule has 13 heavy (non-hydrogen) atoms. The Morgan fingerprint density at radius 3 is 3.15 bits per heavy atom. The summed E-state index contributed by atoms with van der Waals surface area (Å²) in [5, 5.41) is 4.91. The van der Waals surface area contributed by atoms with E-state index in [4.69, 9.17) is 16.3 Å². The minimum Gasteiger partial charge on any atom is -0.356 e. The van der Waals surface area contributed by atoms with Gasteiger partial charge in [0.25, 0.3) is 0 Å². The van der Waals surface area contributed by atoms with Gasteiger partial charge in [-0.2, -0.15) is 0 Å². The number of nitrogens with one attached hydrogen (secondary N) is 1. The molecule has 0 spiro atoms. The lowest BCUT2D eigenvalue weighted by Crippen LogP contribution is -1.97. The molecule has 2 aromatic rings. The van der Waals surface area contributed by atoms with Crippen LogP contribution in [0.5, 0.6) is 0 Å². The van der Waals surface area contributed by atoms with Crippen molar-refractivity contribution in [2.45, 2.75) is 13.5 Å². The first-order valence-corrected chi connectivity index (χ1v) is 4.37. The van der Waals surface area contributed by atoms with Gasteiger partial charge in [0.2, 0.25) is 0 Å². The van der Waals surface area contributed by atoms with Crippen LogP contribution >= 0.6 is 11.8 Å². The summed E-state index contributed by atoms with van der Waals surface area (Å²) in [4.78, 5) is 2.58. The van der Waals surface area contributed by atoms with Crippen LogP contribution in [-0.4, -0.2) is 5.16 Å². The SMILES string of the molecule is Cc1noc2ccc(CNCl)cc12. The molecule has 0 amide bonds. The van der Waals surface area contributed by atoms with Crippen molar-refractivity contribution in [1.82, 2.24) is 9.99 Å². The van der Waals surface area contributed by atoms with E-state index < -0.39 is 0 Å². The Balaban J connectivity index is 2.53. The van der Waals surface area contributed by atoms with Crippen molar-refractivity contribution < 1.29 is 4.52 Å². The number of halogens is 1. The molecule has 3 nitrogen and oxygen atoms in total. The highest BCUT2D eigenvalue weighted by molar-refractivity contribution is 6.13. The fourth-order valence-electron chi connectivity index (χ4n) is 1.29. The van der Waals surface area contributed by atoms with Crippen molar-refractivity contribution in [1.29, 1.82) is 0 Å². The van der Waals surface area contributed by atoms with Crippen LogP contribution in [0.3, 0.4) is 0 Å². The molecule has 0 aliphatic carbocycles. The third-order valence-electron chi connectivity index (χ3n) is 1.99. The van der Waals surface area contributed by atoms with Crippen LogP contribution < -0.4 is 4.84 Å². The van der Waals surface area contributed by atoms with Crippen LogP contribution in [0.15, 0.2) is 22.7 Å². The second-order valence-electron chi connectivity index (χ2n) is 2.91. The fraction of sp³-hybridized carbons (Fsp3) is 0.222. The maximum atomic E-state index is 5.41. The minimum absolute atomic E-state index is 0.641. The lowest BCUT2D eigenvalue weighted by Gasteiger charge is -1.97. The molecule has 0 saturated carbocycles. The number of fused-ring (bicyclic) bond motifs is 1. The van der Waals surface area contributed by atoms with E-state index in [2.05, 4.69) is 9.99 Å². The van der Waals surface area contributed by atoms with Gasteiger partial charge < -0.3 is 4.52 Å². The summed E-state index contributed by atoms with van der Waals surface area (Å²) in [7, 11) is 0. The molecular formula is C9H9ClN2O. The van der Waals surface area contributed by atoms with Gasteiger partial charge in [-0.3, -0.25) is 0 Å². The molecule has 0 fully saturated rings. The zero-order valence-corrected chi connectivity index (χ0v) is 7.93. The molecule has 0 bridgehead atoms. The Labute approximate surface area is 80.8 Å². The highest BCUT2D eigenvalue weighted by atomic mass is 35.5.